The molecule has 1 atom stereocenters. The standard InChI is InChI=1S/C26H24Cl2FN5O2/c1-15(26-20(27)13-30-14-21(26)28)36-18-3-4-23-19(10-18)24(34-33-23)11-22(29)16-2-5-25(31-12-16)32-17-6-8-35-9-7-17/h2-5,10-15,17H,6-9H2,1H3,(H,31,32)(H,33,34)/b22-11-. The van der Waals surface area contributed by atoms with Gasteiger partial charge in [0.25, 0.3) is 0 Å². The molecule has 0 amide bonds. The molecule has 1 unspecified atom stereocenters. The van der Waals surface area contributed by atoms with Gasteiger partial charge in [-0.05, 0) is 50.1 Å². The molecule has 1 fully saturated rings. The van der Waals surface area contributed by atoms with Crippen molar-refractivity contribution in [3.05, 3.63) is 75.8 Å². The number of anilines is 1. The van der Waals surface area contributed by atoms with Crippen LogP contribution in [0, 0.1) is 0 Å². The summed E-state index contributed by atoms with van der Waals surface area (Å²) in [6.45, 7) is 3.32. The van der Waals surface area contributed by atoms with Crippen LogP contribution in [0.1, 0.15) is 42.7 Å². The van der Waals surface area contributed by atoms with Crippen LogP contribution in [0.2, 0.25) is 10.0 Å². The van der Waals surface area contributed by atoms with E-state index in [-0.39, 0.29) is 0 Å². The molecule has 7 nitrogen and oxygen atoms in total. The third-order valence-electron chi connectivity index (χ3n) is 6.05. The summed E-state index contributed by atoms with van der Waals surface area (Å²) < 4.78 is 26.6. The second-order valence-electron chi connectivity index (χ2n) is 8.55. The van der Waals surface area contributed by atoms with Crippen LogP contribution in [0.5, 0.6) is 5.75 Å². The predicted molar refractivity (Wildman–Crippen MR) is 140 cm³/mol. The van der Waals surface area contributed by atoms with E-state index >= 15 is 4.39 Å². The normalized spacial score (nSPS) is 15.7. The number of H-pyrrole nitrogens is 1. The van der Waals surface area contributed by atoms with Crippen molar-refractivity contribution in [1.82, 2.24) is 20.2 Å². The lowest BCUT2D eigenvalue weighted by Gasteiger charge is -2.23. The fourth-order valence-corrected chi connectivity index (χ4v) is 4.82. The van der Waals surface area contributed by atoms with Crippen molar-refractivity contribution in [2.45, 2.75) is 31.9 Å². The predicted octanol–water partition coefficient (Wildman–Crippen LogP) is 6.86. The molecule has 0 bridgehead atoms. The highest BCUT2D eigenvalue weighted by atomic mass is 35.5. The zero-order valence-corrected chi connectivity index (χ0v) is 21.0. The summed E-state index contributed by atoms with van der Waals surface area (Å²) >= 11 is 12.5. The van der Waals surface area contributed by atoms with Crippen LogP contribution in [0.25, 0.3) is 22.8 Å². The van der Waals surface area contributed by atoms with Crippen molar-refractivity contribution in [3.63, 3.8) is 0 Å². The lowest BCUT2D eigenvalue weighted by Crippen LogP contribution is -2.28. The summed E-state index contributed by atoms with van der Waals surface area (Å²) in [5, 5.41) is 12.1. The summed E-state index contributed by atoms with van der Waals surface area (Å²) in [5.74, 6) is 0.858. The van der Waals surface area contributed by atoms with Crippen LogP contribution in [-0.4, -0.2) is 39.4 Å². The summed E-state index contributed by atoms with van der Waals surface area (Å²) in [6, 6.07) is 9.20. The Morgan fingerprint density at radius 1 is 1.17 bits per heavy atom. The molecule has 0 aliphatic carbocycles. The Morgan fingerprint density at radius 3 is 2.67 bits per heavy atom. The lowest BCUT2D eigenvalue weighted by atomic mass is 10.1. The molecule has 1 aromatic carbocycles. The molecule has 0 saturated carbocycles. The summed E-state index contributed by atoms with van der Waals surface area (Å²) in [5.41, 5.74) is 2.22. The second-order valence-corrected chi connectivity index (χ2v) is 9.36. The molecule has 10 heteroatoms. The van der Waals surface area contributed by atoms with Gasteiger partial charge in [0.15, 0.2) is 0 Å². The number of aromatic amines is 1. The zero-order valence-electron chi connectivity index (χ0n) is 19.5. The summed E-state index contributed by atoms with van der Waals surface area (Å²) in [4.78, 5) is 8.35. The first-order chi connectivity index (χ1) is 17.5. The molecular weight excluding hydrogens is 504 g/mol. The molecule has 36 heavy (non-hydrogen) atoms. The first-order valence-electron chi connectivity index (χ1n) is 11.6. The fourth-order valence-electron chi connectivity index (χ4n) is 4.15. The van der Waals surface area contributed by atoms with E-state index in [1.807, 2.05) is 6.92 Å². The van der Waals surface area contributed by atoms with Gasteiger partial charge in [0, 0.05) is 60.4 Å². The summed E-state index contributed by atoms with van der Waals surface area (Å²) in [6.07, 6.45) is 7.40. The number of halogens is 3. The molecule has 1 aliphatic rings. The number of rotatable bonds is 7. The number of ether oxygens (including phenoxy) is 2. The van der Waals surface area contributed by atoms with Crippen molar-refractivity contribution in [3.8, 4) is 5.75 Å². The first kappa shape index (κ1) is 24.5. The van der Waals surface area contributed by atoms with Crippen LogP contribution in [0.4, 0.5) is 10.2 Å². The highest BCUT2D eigenvalue weighted by Gasteiger charge is 2.17. The van der Waals surface area contributed by atoms with E-state index in [1.54, 1.807) is 30.3 Å². The molecule has 0 radical (unpaired) electrons. The number of benzene rings is 1. The SMILES string of the molecule is CC(Oc1ccc2n[nH]c(/C=C(\F)c3ccc(NC4CCOCC4)nc3)c2c1)c1c(Cl)cncc1Cl. The second kappa shape index (κ2) is 10.8. The Kier molecular flexibility index (Phi) is 7.36. The van der Waals surface area contributed by atoms with E-state index in [2.05, 4.69) is 25.5 Å². The van der Waals surface area contributed by atoms with Gasteiger partial charge in [-0.25, -0.2) is 9.37 Å². The van der Waals surface area contributed by atoms with Crippen LogP contribution >= 0.6 is 23.2 Å². The zero-order chi connectivity index (χ0) is 25.1. The smallest absolute Gasteiger partial charge is 0.134 e. The molecular formula is C26H24Cl2FN5O2. The minimum absolute atomic E-state index is 0.318. The first-order valence-corrected chi connectivity index (χ1v) is 12.3. The third kappa shape index (κ3) is 5.46. The minimum Gasteiger partial charge on any atom is -0.486 e. The minimum atomic E-state index is -0.430. The average Bonchev–Trinajstić information content (AvgIpc) is 3.27. The number of pyridine rings is 2. The Morgan fingerprint density at radius 2 is 1.94 bits per heavy atom. The number of nitrogens with one attached hydrogen (secondary N) is 2. The van der Waals surface area contributed by atoms with Crippen LogP contribution in [-0.2, 0) is 4.74 Å². The summed E-state index contributed by atoms with van der Waals surface area (Å²) in [7, 11) is 0. The van der Waals surface area contributed by atoms with E-state index in [9.17, 15) is 0 Å². The fraction of sp³-hybridized carbons (Fsp3) is 0.269. The van der Waals surface area contributed by atoms with Gasteiger partial charge < -0.3 is 14.8 Å². The van der Waals surface area contributed by atoms with Crippen molar-refractivity contribution in [2.24, 2.45) is 0 Å². The van der Waals surface area contributed by atoms with Gasteiger partial charge in [0.1, 0.15) is 23.5 Å². The molecule has 3 aromatic heterocycles. The van der Waals surface area contributed by atoms with Crippen molar-refractivity contribution in [2.75, 3.05) is 18.5 Å². The quantitative estimate of drug-likeness (QED) is 0.273. The number of hydrogen-bond donors (Lipinski definition) is 2. The third-order valence-corrected chi connectivity index (χ3v) is 6.65. The van der Waals surface area contributed by atoms with E-state index in [1.165, 1.54) is 24.7 Å². The Labute approximate surface area is 217 Å². The monoisotopic (exact) mass is 527 g/mol. The van der Waals surface area contributed by atoms with Gasteiger partial charge >= 0.3 is 0 Å². The molecule has 2 N–H and O–H groups in total. The molecule has 186 valence electrons. The lowest BCUT2D eigenvalue weighted by molar-refractivity contribution is 0.0904. The van der Waals surface area contributed by atoms with Gasteiger partial charge in [-0.2, -0.15) is 5.10 Å². The number of aromatic nitrogens is 4. The van der Waals surface area contributed by atoms with Gasteiger partial charge in [-0.3, -0.25) is 10.1 Å². The highest BCUT2D eigenvalue weighted by Crippen LogP contribution is 2.34. The van der Waals surface area contributed by atoms with Crippen molar-refractivity contribution < 1.29 is 13.9 Å². The number of nitrogens with zero attached hydrogens (tertiary/aromatic N) is 3. The van der Waals surface area contributed by atoms with Crippen molar-refractivity contribution in [1.29, 1.82) is 0 Å². The van der Waals surface area contributed by atoms with Crippen molar-refractivity contribution >= 4 is 51.8 Å². The van der Waals surface area contributed by atoms with Crippen LogP contribution < -0.4 is 10.1 Å². The Hall–Kier alpha value is -3.20. The van der Waals surface area contributed by atoms with Crippen LogP contribution in [0.3, 0.4) is 0 Å². The highest BCUT2D eigenvalue weighted by molar-refractivity contribution is 6.35. The van der Waals surface area contributed by atoms with Gasteiger partial charge in [-0.1, -0.05) is 23.2 Å². The number of hydrogen-bond acceptors (Lipinski definition) is 6. The molecule has 1 saturated heterocycles. The van der Waals surface area contributed by atoms with Gasteiger partial charge in [-0.15, -0.1) is 0 Å². The topological polar surface area (TPSA) is 85.0 Å². The molecule has 5 rings (SSSR count). The Bertz CT molecular complexity index is 1370. The maximum absolute atomic E-state index is 15.1. The van der Waals surface area contributed by atoms with E-state index in [0.717, 1.165) is 31.9 Å². The van der Waals surface area contributed by atoms with Gasteiger partial charge in [0.2, 0.25) is 0 Å². The van der Waals surface area contributed by atoms with Crippen LogP contribution in [0.15, 0.2) is 48.9 Å². The Balaban J connectivity index is 1.33. The molecule has 1 aliphatic heterocycles. The van der Waals surface area contributed by atoms with Gasteiger partial charge in [0.05, 0.1) is 21.3 Å². The largest absolute Gasteiger partial charge is 0.486 e. The van der Waals surface area contributed by atoms with E-state index in [0.29, 0.717) is 49.6 Å². The van der Waals surface area contributed by atoms with E-state index in [4.69, 9.17) is 32.7 Å². The van der Waals surface area contributed by atoms with E-state index < -0.39 is 11.9 Å². The number of fused-ring (bicyclic) bond motifs is 1. The molecule has 4 heterocycles. The molecule has 4 aromatic rings. The maximum atomic E-state index is 15.1. The maximum Gasteiger partial charge on any atom is 0.134 e. The molecule has 0 spiro atoms. The average molecular weight is 528 g/mol.